The number of fused-ring (bicyclic) bond motifs is 17. The molecule has 0 aliphatic heterocycles. The lowest BCUT2D eigenvalue weighted by Crippen LogP contribution is -2.17. The maximum Gasteiger partial charge on any atom is 0.104 e. The summed E-state index contributed by atoms with van der Waals surface area (Å²) >= 11 is 1.79. The van der Waals surface area contributed by atoms with E-state index in [1.807, 2.05) is 0 Å². The molecule has 0 saturated carbocycles. The van der Waals surface area contributed by atoms with Gasteiger partial charge in [0.15, 0.2) is 0 Å². The summed E-state index contributed by atoms with van der Waals surface area (Å²) in [5, 5.41) is 38.5. The molecule has 0 aliphatic rings. The molecule has 370 valence electrons. The third-order valence-corrected chi connectivity index (χ3v) is 18.2. The molecular formula is C73H42N6S. The average Bonchev–Trinajstić information content (AvgIpc) is 4.26. The number of thiophene rings is 1. The third-order valence-electron chi connectivity index (χ3n) is 17.0. The SMILES string of the molecule is Cc1ccc2ccccc2c1-c1cccc2c1c1ccc3c4ccccc4sc3c1n2-c1c(-n2c3ccccc3c3ccccc32)c(C#N)c(-n2c3ccccc3c3ccccc32)c(C#N)c1-n1c2ccccc2c2ccccc21. The number of nitrogens with zero attached hydrogens (tertiary/aromatic N) is 6. The number of hydrogen-bond acceptors (Lipinski definition) is 3. The Morgan fingerprint density at radius 2 is 0.738 bits per heavy atom. The number of aromatic nitrogens is 4. The van der Waals surface area contributed by atoms with E-state index in [1.165, 1.54) is 32.0 Å². The summed E-state index contributed by atoms with van der Waals surface area (Å²) in [4.78, 5) is 0. The van der Waals surface area contributed by atoms with Gasteiger partial charge in [-0.15, -0.1) is 11.3 Å². The second-order valence-corrected chi connectivity index (χ2v) is 22.0. The van der Waals surface area contributed by atoms with E-state index < -0.39 is 0 Å². The van der Waals surface area contributed by atoms with Crippen LogP contribution in [0.1, 0.15) is 16.7 Å². The quantitative estimate of drug-likeness (QED) is 0.172. The lowest BCUT2D eigenvalue weighted by Gasteiger charge is -2.27. The van der Waals surface area contributed by atoms with E-state index in [2.05, 4.69) is 274 Å². The van der Waals surface area contributed by atoms with E-state index in [-0.39, 0.29) is 0 Å². The predicted octanol–water partition coefficient (Wildman–Crippen LogP) is 19.3. The summed E-state index contributed by atoms with van der Waals surface area (Å²) in [6, 6.07) is 90.0. The minimum atomic E-state index is 0.374. The second kappa shape index (κ2) is 16.7. The van der Waals surface area contributed by atoms with Crippen LogP contribution in [0.3, 0.4) is 0 Å². The number of nitriles is 2. The Morgan fingerprint density at radius 3 is 1.24 bits per heavy atom. The number of aryl methyl sites for hydroxylation is 1. The van der Waals surface area contributed by atoms with Crippen LogP contribution >= 0.6 is 11.3 Å². The van der Waals surface area contributed by atoms with E-state index in [0.717, 1.165) is 109 Å². The number of benzene rings is 12. The molecule has 0 bridgehead atoms. The lowest BCUT2D eigenvalue weighted by molar-refractivity contribution is 1.02. The van der Waals surface area contributed by atoms with Crippen molar-refractivity contribution in [3.05, 3.63) is 253 Å². The van der Waals surface area contributed by atoms with E-state index in [1.54, 1.807) is 11.3 Å². The standard InChI is InChI=1S/C73H42N6S/c1-43-37-38-44-19-2-3-20-45(44)66(43)54-28-18-35-64-67(54)55-40-39-53-52-27-10-17-36-65(52)80-73(53)71(55)79(64)72-69(77-60-31-13-6-23-48(60)49-24-7-14-32-61(49)77)56(41-74)68(76-58-29-11-4-21-46(58)47-22-5-12-30-59(47)76)57(42-75)70(72)78-62-33-15-8-25-50(62)51-26-9-16-34-63(51)78/h2-40H,1H3. The summed E-state index contributed by atoms with van der Waals surface area (Å²) in [5.74, 6) is 0. The van der Waals surface area contributed by atoms with E-state index in [9.17, 15) is 10.5 Å². The Hall–Kier alpha value is -10.7. The normalized spacial score (nSPS) is 12.0. The van der Waals surface area contributed by atoms with Crippen LogP contribution in [0.15, 0.2) is 237 Å². The van der Waals surface area contributed by atoms with Gasteiger partial charge < -0.3 is 18.3 Å². The van der Waals surface area contributed by atoms with Gasteiger partial charge in [-0.1, -0.05) is 188 Å². The molecule has 0 aliphatic carbocycles. The van der Waals surface area contributed by atoms with Gasteiger partial charge in [0.1, 0.15) is 23.3 Å². The molecule has 0 spiro atoms. The Balaban J connectivity index is 1.21. The summed E-state index contributed by atoms with van der Waals surface area (Å²) < 4.78 is 11.6. The Labute approximate surface area is 461 Å². The van der Waals surface area contributed by atoms with Crippen LogP contribution in [0, 0.1) is 29.6 Å². The van der Waals surface area contributed by atoms with Crippen molar-refractivity contribution < 1.29 is 0 Å². The van der Waals surface area contributed by atoms with Gasteiger partial charge in [0.25, 0.3) is 0 Å². The van der Waals surface area contributed by atoms with E-state index in [4.69, 9.17) is 0 Å². The Morgan fingerprint density at radius 1 is 0.325 bits per heavy atom. The number of rotatable bonds is 5. The highest BCUT2D eigenvalue weighted by Crippen LogP contribution is 2.52. The van der Waals surface area contributed by atoms with Crippen LogP contribution in [0.25, 0.3) is 152 Å². The molecular weight excluding hydrogens is 993 g/mol. The van der Waals surface area contributed by atoms with E-state index >= 15 is 0 Å². The minimum absolute atomic E-state index is 0.374. The molecule has 7 heteroatoms. The molecule has 5 heterocycles. The number of para-hydroxylation sites is 6. The first-order chi connectivity index (χ1) is 39.6. The molecule has 0 amide bonds. The fraction of sp³-hybridized carbons (Fsp3) is 0.0137. The first-order valence-electron chi connectivity index (χ1n) is 27.0. The van der Waals surface area contributed by atoms with Gasteiger partial charge in [-0.3, -0.25) is 0 Å². The molecule has 0 radical (unpaired) electrons. The summed E-state index contributed by atoms with van der Waals surface area (Å²) in [6.07, 6.45) is 0. The van der Waals surface area contributed by atoms with Crippen molar-refractivity contribution in [2.45, 2.75) is 6.92 Å². The fourth-order valence-corrected chi connectivity index (χ4v) is 15.0. The summed E-state index contributed by atoms with van der Waals surface area (Å²) in [6.45, 7) is 2.22. The first-order valence-corrected chi connectivity index (χ1v) is 27.8. The lowest BCUT2D eigenvalue weighted by atomic mass is 9.91. The average molecular weight is 1040 g/mol. The van der Waals surface area contributed by atoms with Crippen LogP contribution in [-0.4, -0.2) is 18.3 Å². The zero-order chi connectivity index (χ0) is 52.9. The van der Waals surface area contributed by atoms with Gasteiger partial charge in [-0.25, -0.2) is 0 Å². The first kappa shape index (κ1) is 44.4. The van der Waals surface area contributed by atoms with Gasteiger partial charge in [0, 0.05) is 58.6 Å². The zero-order valence-corrected chi connectivity index (χ0v) is 43.9. The van der Waals surface area contributed by atoms with Gasteiger partial charge in [-0.05, 0) is 82.9 Å². The highest BCUT2D eigenvalue weighted by molar-refractivity contribution is 7.26. The molecule has 80 heavy (non-hydrogen) atoms. The zero-order valence-electron chi connectivity index (χ0n) is 43.1. The van der Waals surface area contributed by atoms with E-state index in [0.29, 0.717) is 28.2 Å². The monoisotopic (exact) mass is 1030 g/mol. The molecule has 6 nitrogen and oxygen atoms in total. The predicted molar refractivity (Wildman–Crippen MR) is 334 cm³/mol. The maximum absolute atomic E-state index is 12.7. The highest BCUT2D eigenvalue weighted by atomic mass is 32.1. The van der Waals surface area contributed by atoms with Crippen molar-refractivity contribution in [2.75, 3.05) is 0 Å². The molecule has 0 N–H and O–H groups in total. The largest absolute Gasteiger partial charge is 0.306 e. The number of hydrogen-bond donors (Lipinski definition) is 0. The Kier molecular flexibility index (Phi) is 9.25. The van der Waals surface area contributed by atoms with Crippen molar-refractivity contribution in [3.8, 4) is 46.0 Å². The van der Waals surface area contributed by atoms with Gasteiger partial charge in [0.05, 0.1) is 71.6 Å². The van der Waals surface area contributed by atoms with Crippen LogP contribution in [0.4, 0.5) is 0 Å². The fourth-order valence-electron chi connectivity index (χ4n) is 13.8. The maximum atomic E-state index is 12.7. The van der Waals surface area contributed by atoms with Crippen LogP contribution < -0.4 is 0 Å². The van der Waals surface area contributed by atoms with Gasteiger partial charge in [-0.2, -0.15) is 10.5 Å². The minimum Gasteiger partial charge on any atom is -0.306 e. The Bertz CT molecular complexity index is 5350. The molecule has 17 aromatic rings. The van der Waals surface area contributed by atoms with Crippen molar-refractivity contribution in [3.63, 3.8) is 0 Å². The smallest absolute Gasteiger partial charge is 0.104 e. The van der Waals surface area contributed by atoms with Crippen LogP contribution in [-0.2, 0) is 0 Å². The molecule has 5 aromatic heterocycles. The molecule has 0 atom stereocenters. The van der Waals surface area contributed by atoms with Crippen LogP contribution in [0.5, 0.6) is 0 Å². The van der Waals surface area contributed by atoms with Crippen molar-refractivity contribution in [1.82, 2.24) is 18.3 Å². The molecule has 0 fully saturated rings. The second-order valence-electron chi connectivity index (χ2n) is 20.9. The summed E-state index contributed by atoms with van der Waals surface area (Å²) in [7, 11) is 0. The molecule has 0 saturated heterocycles. The van der Waals surface area contributed by atoms with Gasteiger partial charge >= 0.3 is 0 Å². The van der Waals surface area contributed by atoms with Crippen molar-refractivity contribution in [1.29, 1.82) is 10.5 Å². The van der Waals surface area contributed by atoms with Gasteiger partial charge in [0.2, 0.25) is 0 Å². The molecule has 12 aromatic carbocycles. The summed E-state index contributed by atoms with van der Waals surface area (Å²) in [5.41, 5.74) is 14.3. The molecule has 0 unspecified atom stereocenters. The van der Waals surface area contributed by atoms with Crippen LogP contribution in [0.2, 0.25) is 0 Å². The molecule has 17 rings (SSSR count). The van der Waals surface area contributed by atoms with Crippen molar-refractivity contribution in [2.24, 2.45) is 0 Å². The highest BCUT2D eigenvalue weighted by Gasteiger charge is 2.35. The third kappa shape index (κ3) is 5.83. The van der Waals surface area contributed by atoms with Crippen molar-refractivity contribution >= 4 is 130 Å². The topological polar surface area (TPSA) is 67.3 Å².